The third-order valence-electron chi connectivity index (χ3n) is 3.92. The standard InChI is InChI=1S/C20H15Cl2NO6/c1-2-27-18-8-6-12(10-16(18)23(25)26)20(24)28-11-13-7-9-17(29-13)14-4-3-5-15(21)19(14)22/h3-10H,2,11H2,1H3. The number of nitro benzene ring substituents is 1. The summed E-state index contributed by atoms with van der Waals surface area (Å²) in [4.78, 5) is 22.8. The molecule has 0 aliphatic carbocycles. The maximum absolute atomic E-state index is 12.3. The number of carbonyl (C=O) groups is 1. The first-order valence-electron chi connectivity index (χ1n) is 8.52. The van der Waals surface area contributed by atoms with Crippen molar-refractivity contribution in [1.29, 1.82) is 0 Å². The molecular formula is C20H15Cl2NO6. The van der Waals surface area contributed by atoms with Crippen LogP contribution in [0.5, 0.6) is 5.75 Å². The molecular weight excluding hydrogens is 421 g/mol. The van der Waals surface area contributed by atoms with Crippen LogP contribution in [0.3, 0.4) is 0 Å². The number of nitrogens with zero attached hydrogens (tertiary/aromatic N) is 1. The minimum atomic E-state index is -0.727. The van der Waals surface area contributed by atoms with Gasteiger partial charge in [-0.25, -0.2) is 4.79 Å². The molecule has 7 nitrogen and oxygen atoms in total. The summed E-state index contributed by atoms with van der Waals surface area (Å²) >= 11 is 12.2. The molecule has 0 unspecified atom stereocenters. The Morgan fingerprint density at radius 3 is 2.69 bits per heavy atom. The summed E-state index contributed by atoms with van der Waals surface area (Å²) in [5.74, 6) is 0.211. The lowest BCUT2D eigenvalue weighted by Gasteiger charge is -2.07. The Morgan fingerprint density at radius 2 is 1.97 bits per heavy atom. The van der Waals surface area contributed by atoms with Gasteiger partial charge >= 0.3 is 11.7 Å². The molecule has 0 saturated carbocycles. The zero-order chi connectivity index (χ0) is 21.0. The van der Waals surface area contributed by atoms with Gasteiger partial charge in [-0.1, -0.05) is 29.3 Å². The van der Waals surface area contributed by atoms with Crippen LogP contribution in [0.25, 0.3) is 11.3 Å². The Balaban J connectivity index is 1.72. The van der Waals surface area contributed by atoms with Crippen molar-refractivity contribution in [2.75, 3.05) is 6.61 Å². The number of esters is 1. The van der Waals surface area contributed by atoms with Crippen molar-refractivity contribution < 1.29 is 23.6 Å². The molecule has 2 aromatic carbocycles. The Hall–Kier alpha value is -3.03. The molecule has 0 N–H and O–H groups in total. The molecule has 0 aliphatic heterocycles. The molecule has 150 valence electrons. The summed E-state index contributed by atoms with van der Waals surface area (Å²) < 4.78 is 16.0. The second-order valence-corrected chi connectivity index (χ2v) is 6.60. The largest absolute Gasteiger partial charge is 0.487 e. The van der Waals surface area contributed by atoms with Crippen LogP contribution in [0.15, 0.2) is 52.9 Å². The van der Waals surface area contributed by atoms with Crippen molar-refractivity contribution in [3.8, 4) is 17.1 Å². The summed E-state index contributed by atoms with van der Waals surface area (Å²) in [6.45, 7) is 1.82. The summed E-state index contributed by atoms with van der Waals surface area (Å²) in [5.41, 5.74) is 0.334. The van der Waals surface area contributed by atoms with Gasteiger partial charge in [-0.05, 0) is 43.3 Å². The highest BCUT2D eigenvalue weighted by Gasteiger charge is 2.20. The molecule has 0 saturated heterocycles. The molecule has 29 heavy (non-hydrogen) atoms. The zero-order valence-electron chi connectivity index (χ0n) is 15.2. The molecule has 0 spiro atoms. The first-order valence-corrected chi connectivity index (χ1v) is 9.27. The van der Waals surface area contributed by atoms with Gasteiger partial charge in [0.05, 0.1) is 27.1 Å². The number of benzene rings is 2. The zero-order valence-corrected chi connectivity index (χ0v) is 16.7. The van der Waals surface area contributed by atoms with Crippen molar-refractivity contribution >= 4 is 34.9 Å². The molecule has 0 atom stereocenters. The van der Waals surface area contributed by atoms with Crippen LogP contribution in [0, 0.1) is 10.1 Å². The monoisotopic (exact) mass is 435 g/mol. The summed E-state index contributed by atoms with van der Waals surface area (Å²) in [5, 5.41) is 11.9. The predicted octanol–water partition coefficient (Wildman–Crippen LogP) is 5.92. The lowest BCUT2D eigenvalue weighted by molar-refractivity contribution is -0.385. The number of halogens is 2. The second-order valence-electron chi connectivity index (χ2n) is 5.82. The fourth-order valence-corrected chi connectivity index (χ4v) is 2.97. The lowest BCUT2D eigenvalue weighted by atomic mass is 10.2. The van der Waals surface area contributed by atoms with Gasteiger partial charge in [-0.15, -0.1) is 0 Å². The molecule has 0 aliphatic rings. The van der Waals surface area contributed by atoms with Gasteiger partial charge in [-0.3, -0.25) is 10.1 Å². The maximum atomic E-state index is 12.3. The number of hydrogen-bond donors (Lipinski definition) is 0. The summed E-state index contributed by atoms with van der Waals surface area (Å²) in [6.07, 6.45) is 0. The van der Waals surface area contributed by atoms with Crippen molar-refractivity contribution in [3.05, 3.63) is 80.0 Å². The number of rotatable bonds is 7. The maximum Gasteiger partial charge on any atom is 0.338 e. The summed E-state index contributed by atoms with van der Waals surface area (Å²) in [7, 11) is 0. The van der Waals surface area contributed by atoms with E-state index in [9.17, 15) is 14.9 Å². The van der Waals surface area contributed by atoms with Crippen molar-refractivity contribution in [3.63, 3.8) is 0 Å². The van der Waals surface area contributed by atoms with Gasteiger partial charge in [0.15, 0.2) is 5.75 Å². The average molecular weight is 436 g/mol. The average Bonchev–Trinajstić information content (AvgIpc) is 3.17. The fraction of sp³-hybridized carbons (Fsp3) is 0.150. The van der Waals surface area contributed by atoms with Crippen LogP contribution in [0.4, 0.5) is 5.69 Å². The number of ether oxygens (including phenoxy) is 2. The Bertz CT molecular complexity index is 1060. The highest BCUT2D eigenvalue weighted by atomic mass is 35.5. The van der Waals surface area contributed by atoms with E-state index in [1.54, 1.807) is 37.3 Å². The van der Waals surface area contributed by atoms with Crippen LogP contribution < -0.4 is 4.74 Å². The molecule has 0 bridgehead atoms. The minimum Gasteiger partial charge on any atom is -0.487 e. The van der Waals surface area contributed by atoms with Crippen LogP contribution >= 0.6 is 23.2 Å². The number of carbonyl (C=O) groups excluding carboxylic acids is 1. The number of furan rings is 1. The van der Waals surface area contributed by atoms with Crippen molar-refractivity contribution in [2.45, 2.75) is 13.5 Å². The normalized spacial score (nSPS) is 10.6. The molecule has 0 amide bonds. The van der Waals surface area contributed by atoms with E-state index in [4.69, 9.17) is 37.1 Å². The second kappa shape index (κ2) is 8.98. The Labute approximate surface area is 175 Å². The molecule has 0 radical (unpaired) electrons. The van der Waals surface area contributed by atoms with Crippen LogP contribution in [0.2, 0.25) is 10.0 Å². The van der Waals surface area contributed by atoms with Gasteiger partial charge in [0.1, 0.15) is 18.1 Å². The van der Waals surface area contributed by atoms with E-state index in [0.29, 0.717) is 27.1 Å². The van der Waals surface area contributed by atoms with Crippen molar-refractivity contribution in [2.24, 2.45) is 0 Å². The highest BCUT2D eigenvalue weighted by molar-refractivity contribution is 6.43. The van der Waals surface area contributed by atoms with Crippen molar-refractivity contribution in [1.82, 2.24) is 0 Å². The molecule has 0 fully saturated rings. The number of hydrogen-bond acceptors (Lipinski definition) is 6. The van der Waals surface area contributed by atoms with Gasteiger partial charge in [-0.2, -0.15) is 0 Å². The lowest BCUT2D eigenvalue weighted by Crippen LogP contribution is -2.06. The van der Waals surface area contributed by atoms with E-state index >= 15 is 0 Å². The van der Waals surface area contributed by atoms with E-state index in [1.165, 1.54) is 12.1 Å². The van der Waals surface area contributed by atoms with E-state index in [1.807, 2.05) is 0 Å². The third kappa shape index (κ3) is 4.70. The minimum absolute atomic E-state index is 0.0322. The van der Waals surface area contributed by atoms with Gasteiger partial charge in [0, 0.05) is 11.6 Å². The van der Waals surface area contributed by atoms with E-state index < -0.39 is 10.9 Å². The fourth-order valence-electron chi connectivity index (χ4n) is 2.58. The predicted molar refractivity (Wildman–Crippen MR) is 108 cm³/mol. The molecule has 1 aromatic heterocycles. The SMILES string of the molecule is CCOc1ccc(C(=O)OCc2ccc(-c3cccc(Cl)c3Cl)o2)cc1[N+](=O)[O-]. The number of nitro groups is 1. The van der Waals surface area contributed by atoms with Gasteiger partial charge < -0.3 is 13.9 Å². The Kier molecular flexibility index (Phi) is 6.41. The third-order valence-corrected chi connectivity index (χ3v) is 4.73. The smallest absolute Gasteiger partial charge is 0.338 e. The van der Waals surface area contributed by atoms with E-state index in [0.717, 1.165) is 6.07 Å². The van der Waals surface area contributed by atoms with Gasteiger partial charge in [0.2, 0.25) is 0 Å². The van der Waals surface area contributed by atoms with Crippen LogP contribution in [-0.2, 0) is 11.3 Å². The molecule has 3 aromatic rings. The van der Waals surface area contributed by atoms with Gasteiger partial charge in [0.25, 0.3) is 0 Å². The van der Waals surface area contributed by atoms with E-state index in [-0.39, 0.29) is 30.2 Å². The molecule has 1 heterocycles. The first-order chi connectivity index (χ1) is 13.9. The topological polar surface area (TPSA) is 91.8 Å². The Morgan fingerprint density at radius 1 is 1.17 bits per heavy atom. The molecule has 9 heteroatoms. The quantitative estimate of drug-likeness (QED) is 0.260. The van der Waals surface area contributed by atoms with Crippen LogP contribution in [0.1, 0.15) is 23.0 Å². The first kappa shape index (κ1) is 20.7. The highest BCUT2D eigenvalue weighted by Crippen LogP contribution is 2.34. The summed E-state index contributed by atoms with van der Waals surface area (Å²) in [6, 6.07) is 12.4. The molecule has 3 rings (SSSR count). The van der Waals surface area contributed by atoms with Crippen LogP contribution in [-0.4, -0.2) is 17.5 Å². The van der Waals surface area contributed by atoms with E-state index in [2.05, 4.69) is 0 Å².